The summed E-state index contributed by atoms with van der Waals surface area (Å²) in [5.74, 6) is -1.23. The highest BCUT2D eigenvalue weighted by atomic mass is 32.1. The number of fused-ring (bicyclic) bond motifs is 1. The molecule has 1 amide bonds. The summed E-state index contributed by atoms with van der Waals surface area (Å²) < 4.78 is 6.11. The number of aromatic nitrogens is 2. The molecule has 0 fully saturated rings. The number of ether oxygens (including phenoxy) is 1. The molecule has 2 aromatic rings. The molecule has 2 N–H and O–H groups in total. The number of aromatic hydroxyl groups is 1. The van der Waals surface area contributed by atoms with Gasteiger partial charge in [-0.05, 0) is 6.92 Å². The van der Waals surface area contributed by atoms with Gasteiger partial charge < -0.3 is 15.2 Å². The molecule has 102 valence electrons. The molecule has 0 aromatic carbocycles. The Morgan fingerprint density at radius 2 is 2.42 bits per heavy atom. The number of hydrogen-bond acceptors (Lipinski definition) is 6. The van der Waals surface area contributed by atoms with Crippen LogP contribution in [0.3, 0.4) is 0 Å². The Kier molecular flexibility index (Phi) is 3.82. The molecular weight excluding hydrogens is 270 g/mol. The van der Waals surface area contributed by atoms with E-state index >= 15 is 0 Å². The van der Waals surface area contributed by atoms with Gasteiger partial charge in [-0.25, -0.2) is 0 Å². The number of nitrogens with zero attached hydrogens (tertiary/aromatic N) is 2. The lowest BCUT2D eigenvalue weighted by molar-refractivity contribution is 0.0900. The van der Waals surface area contributed by atoms with Crippen molar-refractivity contribution in [2.45, 2.75) is 13.0 Å². The molecule has 0 saturated heterocycles. The van der Waals surface area contributed by atoms with E-state index in [-0.39, 0.29) is 11.6 Å². The first-order chi connectivity index (χ1) is 9.04. The van der Waals surface area contributed by atoms with Crippen LogP contribution in [0.15, 0.2) is 16.4 Å². The number of thiazole rings is 1. The smallest absolute Gasteiger partial charge is 0.275 e. The number of carbonyl (C=O) groups is 1. The summed E-state index contributed by atoms with van der Waals surface area (Å²) in [5, 5.41) is 13.9. The minimum atomic E-state index is -0.667. The molecule has 0 unspecified atom stereocenters. The van der Waals surface area contributed by atoms with Gasteiger partial charge in [0.05, 0.1) is 6.61 Å². The van der Waals surface area contributed by atoms with Crippen LogP contribution >= 0.6 is 11.3 Å². The molecular formula is C11H13N3O4S. The third-order valence-corrected chi connectivity index (χ3v) is 3.23. The topological polar surface area (TPSA) is 92.9 Å². The minimum Gasteiger partial charge on any atom is -0.492 e. The molecule has 2 aromatic heterocycles. The maximum Gasteiger partial charge on any atom is 0.275 e. The second-order valence-electron chi connectivity index (χ2n) is 4.00. The van der Waals surface area contributed by atoms with Crippen LogP contribution in [-0.2, 0) is 4.74 Å². The molecule has 0 saturated carbocycles. The third-order valence-electron chi connectivity index (χ3n) is 2.47. The van der Waals surface area contributed by atoms with Crippen molar-refractivity contribution in [2.24, 2.45) is 0 Å². The summed E-state index contributed by atoms with van der Waals surface area (Å²) in [5.41, 5.74) is -0.954. The van der Waals surface area contributed by atoms with Crippen LogP contribution in [-0.4, -0.2) is 40.2 Å². The molecule has 0 bridgehead atoms. The van der Waals surface area contributed by atoms with Gasteiger partial charge in [0.2, 0.25) is 5.88 Å². The highest BCUT2D eigenvalue weighted by Crippen LogP contribution is 2.14. The largest absolute Gasteiger partial charge is 0.492 e. The van der Waals surface area contributed by atoms with Gasteiger partial charge in [-0.15, -0.1) is 11.3 Å². The number of rotatable bonds is 4. The fraction of sp³-hybridized carbons (Fsp3) is 0.364. The Morgan fingerprint density at radius 1 is 1.68 bits per heavy atom. The van der Waals surface area contributed by atoms with Gasteiger partial charge in [-0.2, -0.15) is 4.98 Å². The van der Waals surface area contributed by atoms with E-state index in [0.29, 0.717) is 11.6 Å². The zero-order chi connectivity index (χ0) is 14.0. The van der Waals surface area contributed by atoms with E-state index in [1.807, 2.05) is 0 Å². The molecule has 0 aliphatic rings. The van der Waals surface area contributed by atoms with Crippen LogP contribution in [0.1, 0.15) is 17.3 Å². The molecule has 19 heavy (non-hydrogen) atoms. The van der Waals surface area contributed by atoms with Crippen molar-refractivity contribution >= 4 is 22.2 Å². The first-order valence-corrected chi connectivity index (χ1v) is 6.41. The number of nitrogens with one attached hydrogen (secondary N) is 1. The van der Waals surface area contributed by atoms with Gasteiger partial charge in [0.15, 0.2) is 10.5 Å². The van der Waals surface area contributed by atoms with Crippen LogP contribution in [0.5, 0.6) is 5.88 Å². The molecule has 2 rings (SSSR count). The maximum atomic E-state index is 12.1. The monoisotopic (exact) mass is 283 g/mol. The average Bonchev–Trinajstić information content (AvgIpc) is 2.77. The van der Waals surface area contributed by atoms with Crippen LogP contribution < -0.4 is 10.9 Å². The summed E-state index contributed by atoms with van der Waals surface area (Å²) in [7, 11) is 1.51. The number of hydrogen-bond donors (Lipinski definition) is 2. The lowest BCUT2D eigenvalue weighted by Crippen LogP contribution is -2.39. The van der Waals surface area contributed by atoms with Gasteiger partial charge in [0.1, 0.15) is 0 Å². The Morgan fingerprint density at radius 3 is 3.11 bits per heavy atom. The second kappa shape index (κ2) is 5.37. The van der Waals surface area contributed by atoms with Gasteiger partial charge in [-0.3, -0.25) is 14.0 Å². The summed E-state index contributed by atoms with van der Waals surface area (Å²) in [6.07, 6.45) is 1.50. The van der Waals surface area contributed by atoms with E-state index in [2.05, 4.69) is 10.3 Å². The van der Waals surface area contributed by atoms with Crippen LogP contribution in [0.2, 0.25) is 0 Å². The molecule has 7 nitrogen and oxygen atoms in total. The van der Waals surface area contributed by atoms with E-state index in [4.69, 9.17) is 4.74 Å². The predicted molar refractivity (Wildman–Crippen MR) is 69.8 cm³/mol. The van der Waals surface area contributed by atoms with Gasteiger partial charge in [0.25, 0.3) is 11.5 Å². The quantitative estimate of drug-likeness (QED) is 0.837. The Hall–Kier alpha value is -1.93. The minimum absolute atomic E-state index is 0.278. The number of amides is 1. The van der Waals surface area contributed by atoms with Gasteiger partial charge >= 0.3 is 0 Å². The SMILES string of the molecule is COC[C@H](C)NC(=O)c1c(O)nc2sccn2c1=O. The zero-order valence-corrected chi connectivity index (χ0v) is 11.2. The fourth-order valence-electron chi connectivity index (χ4n) is 1.66. The van der Waals surface area contributed by atoms with Gasteiger partial charge in [-0.1, -0.05) is 0 Å². The maximum absolute atomic E-state index is 12.1. The van der Waals surface area contributed by atoms with Crippen molar-refractivity contribution in [1.29, 1.82) is 0 Å². The Labute approximate surface area is 112 Å². The first-order valence-electron chi connectivity index (χ1n) is 5.53. The lowest BCUT2D eigenvalue weighted by atomic mass is 10.2. The van der Waals surface area contributed by atoms with E-state index in [1.54, 1.807) is 12.3 Å². The molecule has 0 aliphatic carbocycles. The molecule has 0 spiro atoms. The molecule has 2 heterocycles. The standard InChI is InChI=1S/C11H13N3O4S/c1-6(5-18-2)12-8(15)7-9(16)13-11-14(10(7)17)3-4-19-11/h3-4,6,16H,5H2,1-2H3,(H,12,15)/t6-/m0/s1. The van der Waals surface area contributed by atoms with E-state index in [9.17, 15) is 14.7 Å². The van der Waals surface area contributed by atoms with Gasteiger partial charge in [0, 0.05) is 24.7 Å². The van der Waals surface area contributed by atoms with Crippen LogP contribution in [0.25, 0.3) is 4.96 Å². The van der Waals surface area contributed by atoms with Crippen molar-refractivity contribution in [3.05, 3.63) is 27.5 Å². The Bertz CT molecular complexity index is 663. The van der Waals surface area contributed by atoms with Crippen LogP contribution in [0, 0.1) is 0 Å². The molecule has 0 radical (unpaired) electrons. The van der Waals surface area contributed by atoms with Crippen molar-refractivity contribution < 1.29 is 14.6 Å². The third kappa shape index (κ3) is 2.59. The fourth-order valence-corrected chi connectivity index (χ4v) is 2.36. The average molecular weight is 283 g/mol. The first kappa shape index (κ1) is 13.5. The molecule has 8 heteroatoms. The summed E-state index contributed by atoms with van der Waals surface area (Å²) in [4.78, 5) is 28.2. The van der Waals surface area contributed by atoms with Crippen LogP contribution in [0.4, 0.5) is 0 Å². The second-order valence-corrected chi connectivity index (χ2v) is 4.87. The number of carbonyl (C=O) groups excluding carboxylic acids is 1. The summed E-state index contributed by atoms with van der Waals surface area (Å²) >= 11 is 1.20. The molecule has 0 aliphatic heterocycles. The zero-order valence-electron chi connectivity index (χ0n) is 10.4. The van der Waals surface area contributed by atoms with Crippen molar-refractivity contribution in [3.8, 4) is 5.88 Å². The predicted octanol–water partition coefficient (Wildman–Crippen LogP) is 0.226. The lowest BCUT2D eigenvalue weighted by Gasteiger charge is -2.12. The summed E-state index contributed by atoms with van der Waals surface area (Å²) in [6.45, 7) is 2.04. The highest BCUT2D eigenvalue weighted by Gasteiger charge is 2.21. The normalized spacial score (nSPS) is 12.5. The Balaban J connectivity index is 2.39. The van der Waals surface area contributed by atoms with Crippen molar-refractivity contribution in [3.63, 3.8) is 0 Å². The van der Waals surface area contributed by atoms with E-state index in [0.717, 1.165) is 0 Å². The molecule has 1 atom stereocenters. The van der Waals surface area contributed by atoms with E-state index in [1.165, 1.54) is 29.0 Å². The van der Waals surface area contributed by atoms with E-state index < -0.39 is 17.3 Å². The van der Waals surface area contributed by atoms with Crippen molar-refractivity contribution in [2.75, 3.05) is 13.7 Å². The summed E-state index contributed by atoms with van der Waals surface area (Å²) in [6, 6.07) is -0.278. The number of methoxy groups -OCH3 is 1. The highest BCUT2D eigenvalue weighted by molar-refractivity contribution is 7.15. The van der Waals surface area contributed by atoms with Crippen molar-refractivity contribution in [1.82, 2.24) is 14.7 Å².